The summed E-state index contributed by atoms with van der Waals surface area (Å²) in [7, 11) is 0. The molecular weight excluding hydrogens is 199 g/mol. The van der Waals surface area contributed by atoms with Crippen LogP contribution in [0.15, 0.2) is 18.2 Å². The van der Waals surface area contributed by atoms with Gasteiger partial charge in [-0.05, 0) is 17.7 Å². The fourth-order valence-corrected chi connectivity index (χ4v) is 1.09. The summed E-state index contributed by atoms with van der Waals surface area (Å²) < 4.78 is 17.7. The van der Waals surface area contributed by atoms with E-state index in [2.05, 4.69) is 5.92 Å². The summed E-state index contributed by atoms with van der Waals surface area (Å²) in [6.07, 6.45) is 4.96. The van der Waals surface area contributed by atoms with Crippen LogP contribution in [0.5, 0.6) is 0 Å². The zero-order valence-electron chi connectivity index (χ0n) is 7.87. The average Bonchev–Trinajstić information content (AvgIpc) is 2.20. The Kier molecular flexibility index (Phi) is 3.83. The van der Waals surface area contributed by atoms with Gasteiger partial charge in [0.2, 0.25) is 0 Å². The molecule has 0 aliphatic heterocycles. The third-order valence-electron chi connectivity index (χ3n) is 1.75. The summed E-state index contributed by atoms with van der Waals surface area (Å²) in [5, 5.41) is 8.78. The molecule has 0 spiro atoms. The second-order valence-corrected chi connectivity index (χ2v) is 2.80. The van der Waals surface area contributed by atoms with Gasteiger partial charge >= 0.3 is 5.97 Å². The van der Waals surface area contributed by atoms with Crippen LogP contribution in [-0.4, -0.2) is 17.7 Å². The largest absolute Gasteiger partial charge is 0.478 e. The van der Waals surface area contributed by atoms with E-state index in [1.165, 1.54) is 12.1 Å². The third-order valence-corrected chi connectivity index (χ3v) is 1.75. The molecule has 0 aliphatic rings. The molecule has 0 aromatic heterocycles. The quantitative estimate of drug-likeness (QED) is 0.604. The van der Waals surface area contributed by atoms with Gasteiger partial charge in [0.1, 0.15) is 12.4 Å². The van der Waals surface area contributed by atoms with Crippen molar-refractivity contribution >= 4 is 5.97 Å². The minimum atomic E-state index is -1.19. The van der Waals surface area contributed by atoms with Crippen LogP contribution in [0.3, 0.4) is 0 Å². The third kappa shape index (κ3) is 3.08. The first-order chi connectivity index (χ1) is 7.15. The van der Waals surface area contributed by atoms with Crippen molar-refractivity contribution < 1.29 is 19.0 Å². The first kappa shape index (κ1) is 11.2. The van der Waals surface area contributed by atoms with Gasteiger partial charge in [0, 0.05) is 0 Å². The van der Waals surface area contributed by atoms with E-state index in [0.29, 0.717) is 5.56 Å². The molecule has 15 heavy (non-hydrogen) atoms. The van der Waals surface area contributed by atoms with Gasteiger partial charge in [-0.2, -0.15) is 0 Å². The Morgan fingerprint density at radius 2 is 2.33 bits per heavy atom. The van der Waals surface area contributed by atoms with E-state index >= 15 is 0 Å². The number of carbonyl (C=O) groups is 1. The second kappa shape index (κ2) is 5.13. The minimum absolute atomic E-state index is 0.0616. The fraction of sp³-hybridized carbons (Fsp3) is 0.182. The molecule has 0 unspecified atom stereocenters. The highest BCUT2D eigenvalue weighted by Crippen LogP contribution is 2.12. The Morgan fingerprint density at radius 1 is 1.60 bits per heavy atom. The number of aromatic carboxylic acids is 1. The maximum absolute atomic E-state index is 12.8. The van der Waals surface area contributed by atoms with Crippen LogP contribution in [0.1, 0.15) is 15.9 Å². The zero-order valence-corrected chi connectivity index (χ0v) is 7.87. The van der Waals surface area contributed by atoms with E-state index in [-0.39, 0.29) is 18.8 Å². The molecule has 0 amide bonds. The van der Waals surface area contributed by atoms with Crippen molar-refractivity contribution in [1.82, 2.24) is 0 Å². The fourth-order valence-electron chi connectivity index (χ4n) is 1.09. The molecule has 4 heteroatoms. The number of hydrogen-bond donors (Lipinski definition) is 1. The highest BCUT2D eigenvalue weighted by atomic mass is 19.1. The number of rotatable bonds is 4. The Labute approximate surface area is 86.5 Å². The number of carboxylic acids is 1. The van der Waals surface area contributed by atoms with E-state index in [9.17, 15) is 9.18 Å². The lowest BCUT2D eigenvalue weighted by Crippen LogP contribution is -2.05. The molecule has 0 saturated heterocycles. The lowest BCUT2D eigenvalue weighted by atomic mass is 10.1. The van der Waals surface area contributed by atoms with Gasteiger partial charge in [-0.3, -0.25) is 0 Å². The monoisotopic (exact) mass is 208 g/mol. The maximum atomic E-state index is 12.8. The van der Waals surface area contributed by atoms with Crippen LogP contribution in [0.4, 0.5) is 4.39 Å². The zero-order chi connectivity index (χ0) is 11.3. The molecule has 0 radical (unpaired) electrons. The number of hydrogen-bond acceptors (Lipinski definition) is 2. The molecule has 1 rings (SSSR count). The molecule has 3 nitrogen and oxygen atoms in total. The van der Waals surface area contributed by atoms with Crippen molar-refractivity contribution in [3.63, 3.8) is 0 Å². The minimum Gasteiger partial charge on any atom is -0.478 e. The van der Waals surface area contributed by atoms with Gasteiger partial charge in [0.05, 0.1) is 12.2 Å². The van der Waals surface area contributed by atoms with Gasteiger partial charge in [-0.25, -0.2) is 9.18 Å². The van der Waals surface area contributed by atoms with Crippen molar-refractivity contribution in [1.29, 1.82) is 0 Å². The van der Waals surface area contributed by atoms with Crippen LogP contribution >= 0.6 is 0 Å². The molecule has 0 saturated carbocycles. The first-order valence-electron chi connectivity index (χ1n) is 4.18. The topological polar surface area (TPSA) is 46.5 Å². The predicted molar refractivity (Wildman–Crippen MR) is 51.8 cm³/mol. The van der Waals surface area contributed by atoms with Gasteiger partial charge in [-0.1, -0.05) is 12.0 Å². The summed E-state index contributed by atoms with van der Waals surface area (Å²) >= 11 is 0. The maximum Gasteiger partial charge on any atom is 0.336 e. The molecule has 0 aliphatic carbocycles. The molecule has 0 fully saturated rings. The summed E-state index contributed by atoms with van der Waals surface area (Å²) in [5.74, 6) is 0.478. The van der Waals surface area contributed by atoms with Crippen molar-refractivity contribution in [3.05, 3.63) is 35.1 Å². The number of ether oxygens (including phenoxy) is 1. The summed E-state index contributed by atoms with van der Waals surface area (Å²) in [4.78, 5) is 10.7. The second-order valence-electron chi connectivity index (χ2n) is 2.80. The lowest BCUT2D eigenvalue weighted by Gasteiger charge is -2.05. The summed E-state index contributed by atoms with van der Waals surface area (Å²) in [6, 6.07) is 3.51. The Balaban J connectivity index is 2.87. The molecule has 0 heterocycles. The van der Waals surface area contributed by atoms with Gasteiger partial charge in [0.25, 0.3) is 0 Å². The van der Waals surface area contributed by atoms with E-state index in [4.69, 9.17) is 16.3 Å². The van der Waals surface area contributed by atoms with Gasteiger partial charge in [0.15, 0.2) is 0 Å². The van der Waals surface area contributed by atoms with E-state index in [1.54, 1.807) is 0 Å². The molecule has 0 bridgehead atoms. The van der Waals surface area contributed by atoms with Crippen molar-refractivity contribution in [2.45, 2.75) is 6.61 Å². The van der Waals surface area contributed by atoms with Crippen LogP contribution in [0.25, 0.3) is 0 Å². The molecule has 1 N–H and O–H groups in total. The molecule has 0 atom stereocenters. The Hall–Kier alpha value is -1.86. The number of carboxylic acid groups (broad SMARTS) is 1. The molecule has 78 valence electrons. The molecule has 1 aromatic carbocycles. The smallest absolute Gasteiger partial charge is 0.336 e. The normalized spacial score (nSPS) is 9.60. The Bertz CT molecular complexity index is 407. The van der Waals surface area contributed by atoms with Crippen LogP contribution in [0, 0.1) is 18.2 Å². The highest BCUT2D eigenvalue weighted by molar-refractivity contribution is 5.89. The van der Waals surface area contributed by atoms with Gasteiger partial charge in [-0.15, -0.1) is 6.42 Å². The predicted octanol–water partition coefficient (Wildman–Crippen LogP) is 1.67. The van der Waals surface area contributed by atoms with Crippen molar-refractivity contribution in [2.75, 3.05) is 6.61 Å². The van der Waals surface area contributed by atoms with Crippen molar-refractivity contribution in [3.8, 4) is 12.3 Å². The van der Waals surface area contributed by atoms with Crippen LogP contribution in [0.2, 0.25) is 0 Å². The summed E-state index contributed by atoms with van der Waals surface area (Å²) in [5.41, 5.74) is 0.297. The standard InChI is InChI=1S/C11H9FO3/c1-2-5-15-7-8-3-4-9(12)6-10(8)11(13)14/h1,3-4,6H,5,7H2,(H,13,14). The average molecular weight is 208 g/mol. The highest BCUT2D eigenvalue weighted by Gasteiger charge is 2.10. The number of halogens is 1. The van der Waals surface area contributed by atoms with Gasteiger partial charge < -0.3 is 9.84 Å². The van der Waals surface area contributed by atoms with E-state index in [1.807, 2.05) is 0 Å². The molecule has 1 aromatic rings. The first-order valence-corrected chi connectivity index (χ1v) is 4.18. The molecular formula is C11H9FO3. The van der Waals surface area contributed by atoms with E-state index < -0.39 is 11.8 Å². The van der Waals surface area contributed by atoms with E-state index in [0.717, 1.165) is 6.07 Å². The van der Waals surface area contributed by atoms with Crippen LogP contribution in [-0.2, 0) is 11.3 Å². The van der Waals surface area contributed by atoms with Crippen LogP contribution < -0.4 is 0 Å². The SMILES string of the molecule is C#CCOCc1ccc(F)cc1C(=O)O. The summed E-state index contributed by atoms with van der Waals surface area (Å²) in [6.45, 7) is 0.155. The van der Waals surface area contributed by atoms with Crippen molar-refractivity contribution in [2.24, 2.45) is 0 Å². The number of benzene rings is 1. The Morgan fingerprint density at radius 3 is 2.93 bits per heavy atom. The lowest BCUT2D eigenvalue weighted by molar-refractivity contribution is 0.0689. The number of terminal acetylenes is 1.